The third-order valence-electron chi connectivity index (χ3n) is 4.28. The van der Waals surface area contributed by atoms with E-state index in [2.05, 4.69) is 26.5 Å². The summed E-state index contributed by atoms with van der Waals surface area (Å²) < 4.78 is 0. The van der Waals surface area contributed by atoms with Crippen molar-refractivity contribution in [1.29, 1.82) is 0 Å². The second-order valence-electron chi connectivity index (χ2n) is 5.83. The van der Waals surface area contributed by atoms with Gasteiger partial charge in [0.1, 0.15) is 0 Å². The summed E-state index contributed by atoms with van der Waals surface area (Å²) >= 11 is 1.85. The minimum atomic E-state index is 0.560. The van der Waals surface area contributed by atoms with Gasteiger partial charge in [0, 0.05) is 29.6 Å². The summed E-state index contributed by atoms with van der Waals surface area (Å²) in [5, 5.41) is 4.38. The van der Waals surface area contributed by atoms with Crippen LogP contribution in [0.3, 0.4) is 0 Å². The maximum atomic E-state index is 4.53. The van der Waals surface area contributed by atoms with Crippen LogP contribution in [0.5, 0.6) is 0 Å². The number of thioether (sulfide) groups is 1. The lowest BCUT2D eigenvalue weighted by Gasteiger charge is -2.19. The van der Waals surface area contributed by atoms with Gasteiger partial charge in [0.25, 0.3) is 0 Å². The lowest BCUT2D eigenvalue weighted by molar-refractivity contribution is 0.437. The number of imidazole rings is 1. The molecule has 0 saturated heterocycles. The Labute approximate surface area is 125 Å². The molecule has 0 spiro atoms. The summed E-state index contributed by atoms with van der Waals surface area (Å²) in [5.41, 5.74) is 1.36. The van der Waals surface area contributed by atoms with Crippen LogP contribution in [0.15, 0.2) is 16.3 Å². The van der Waals surface area contributed by atoms with E-state index in [0.29, 0.717) is 6.04 Å². The second-order valence-corrected chi connectivity index (χ2v) is 6.91. The highest BCUT2D eigenvalue weighted by Crippen LogP contribution is 2.32. The zero-order chi connectivity index (χ0) is 13.6. The summed E-state index contributed by atoms with van der Waals surface area (Å²) in [4.78, 5) is 12.2. The van der Waals surface area contributed by atoms with Crippen LogP contribution in [0.1, 0.15) is 56.6 Å². The molecule has 0 aromatic carbocycles. The highest BCUT2D eigenvalue weighted by Gasteiger charge is 2.17. The standard InChI is InChI=1S/C15H24N4S/c1-2-5-12(6-3-1)14-10-17-15(19-14)20-8-4-7-13-9-16-11-18-13/h10-13H,1-9H2,(H,16,18)(H,17,19). The highest BCUT2D eigenvalue weighted by molar-refractivity contribution is 7.99. The third-order valence-corrected chi connectivity index (χ3v) is 5.25. The van der Waals surface area contributed by atoms with Gasteiger partial charge in [0.2, 0.25) is 0 Å². The minimum Gasteiger partial charge on any atom is -0.372 e. The van der Waals surface area contributed by atoms with Gasteiger partial charge in [-0.2, -0.15) is 0 Å². The van der Waals surface area contributed by atoms with Gasteiger partial charge in [-0.05, 0) is 25.7 Å². The molecular weight excluding hydrogens is 268 g/mol. The number of nitrogens with one attached hydrogen (secondary N) is 2. The molecule has 110 valence electrons. The molecule has 1 aliphatic carbocycles. The Kier molecular flexibility index (Phi) is 5.01. The minimum absolute atomic E-state index is 0.560. The van der Waals surface area contributed by atoms with E-state index in [4.69, 9.17) is 0 Å². The van der Waals surface area contributed by atoms with E-state index in [1.54, 1.807) is 0 Å². The van der Waals surface area contributed by atoms with Gasteiger partial charge in [-0.15, -0.1) is 0 Å². The first-order valence-corrected chi connectivity index (χ1v) is 8.82. The lowest BCUT2D eigenvalue weighted by atomic mass is 9.87. The average Bonchev–Trinajstić information content (AvgIpc) is 3.16. The molecule has 0 bridgehead atoms. The van der Waals surface area contributed by atoms with Crippen molar-refractivity contribution < 1.29 is 0 Å². The normalized spacial score (nSPS) is 23.1. The Morgan fingerprint density at radius 2 is 2.15 bits per heavy atom. The van der Waals surface area contributed by atoms with Crippen molar-refractivity contribution in [3.8, 4) is 0 Å². The van der Waals surface area contributed by atoms with Crippen molar-refractivity contribution in [1.82, 2.24) is 15.3 Å². The zero-order valence-corrected chi connectivity index (χ0v) is 12.8. The Hall–Kier alpha value is -0.970. The topological polar surface area (TPSA) is 53.1 Å². The lowest BCUT2D eigenvalue weighted by Crippen LogP contribution is -2.24. The summed E-state index contributed by atoms with van der Waals surface area (Å²) in [5.74, 6) is 1.86. The molecule has 1 atom stereocenters. The molecule has 1 saturated carbocycles. The fourth-order valence-corrected chi connectivity index (χ4v) is 3.90. The smallest absolute Gasteiger partial charge is 0.165 e. The summed E-state index contributed by atoms with van der Waals surface area (Å²) in [7, 11) is 0. The molecule has 1 aliphatic heterocycles. The van der Waals surface area contributed by atoms with Crippen LogP contribution >= 0.6 is 11.8 Å². The van der Waals surface area contributed by atoms with Crippen LogP contribution in [0.4, 0.5) is 0 Å². The molecule has 3 rings (SSSR count). The number of aliphatic imine (C=N–C) groups is 1. The third kappa shape index (κ3) is 3.78. The van der Waals surface area contributed by atoms with Crippen LogP contribution in [0.25, 0.3) is 0 Å². The van der Waals surface area contributed by atoms with Crippen molar-refractivity contribution in [2.75, 3.05) is 12.3 Å². The van der Waals surface area contributed by atoms with E-state index in [1.165, 1.54) is 50.6 Å². The molecule has 1 aromatic rings. The number of aromatic amines is 1. The number of hydrogen-bond donors (Lipinski definition) is 2. The highest BCUT2D eigenvalue weighted by atomic mass is 32.2. The molecule has 0 radical (unpaired) electrons. The van der Waals surface area contributed by atoms with E-state index in [9.17, 15) is 0 Å². The molecule has 1 fully saturated rings. The van der Waals surface area contributed by atoms with Crippen molar-refractivity contribution in [3.05, 3.63) is 11.9 Å². The molecule has 1 aromatic heterocycles. The van der Waals surface area contributed by atoms with Gasteiger partial charge in [-0.1, -0.05) is 31.0 Å². The molecule has 0 amide bonds. The maximum Gasteiger partial charge on any atom is 0.165 e. The van der Waals surface area contributed by atoms with Gasteiger partial charge in [0.15, 0.2) is 5.16 Å². The van der Waals surface area contributed by atoms with Crippen molar-refractivity contribution >= 4 is 18.1 Å². The maximum absolute atomic E-state index is 4.53. The molecule has 4 nitrogen and oxygen atoms in total. The van der Waals surface area contributed by atoms with E-state index in [-0.39, 0.29) is 0 Å². The molecule has 20 heavy (non-hydrogen) atoms. The number of nitrogens with zero attached hydrogens (tertiary/aromatic N) is 2. The first-order chi connectivity index (χ1) is 9.92. The van der Waals surface area contributed by atoms with Crippen molar-refractivity contribution in [3.63, 3.8) is 0 Å². The van der Waals surface area contributed by atoms with Gasteiger partial charge in [-0.3, -0.25) is 4.99 Å². The fourth-order valence-electron chi connectivity index (χ4n) is 3.07. The first-order valence-electron chi connectivity index (χ1n) is 7.84. The molecular formula is C15H24N4S. The number of rotatable bonds is 6. The van der Waals surface area contributed by atoms with Gasteiger partial charge >= 0.3 is 0 Å². The first kappa shape index (κ1) is 14.0. The van der Waals surface area contributed by atoms with Crippen molar-refractivity contribution in [2.45, 2.75) is 62.1 Å². The van der Waals surface area contributed by atoms with Gasteiger partial charge in [0.05, 0.1) is 12.9 Å². The average molecular weight is 292 g/mol. The van der Waals surface area contributed by atoms with Crippen LogP contribution < -0.4 is 5.32 Å². The van der Waals surface area contributed by atoms with E-state index in [0.717, 1.165) is 23.4 Å². The Balaban J connectivity index is 1.38. The Bertz CT molecular complexity index is 429. The molecule has 2 heterocycles. The summed E-state index contributed by atoms with van der Waals surface area (Å²) in [6.45, 7) is 0.942. The number of H-pyrrole nitrogens is 1. The quantitative estimate of drug-likeness (QED) is 0.624. The fraction of sp³-hybridized carbons (Fsp3) is 0.733. The predicted octanol–water partition coefficient (Wildman–Crippen LogP) is 3.33. The Morgan fingerprint density at radius 1 is 1.25 bits per heavy atom. The van der Waals surface area contributed by atoms with Crippen molar-refractivity contribution in [2.24, 2.45) is 4.99 Å². The van der Waals surface area contributed by atoms with Crippen LogP contribution in [-0.4, -0.2) is 34.6 Å². The predicted molar refractivity (Wildman–Crippen MR) is 84.7 cm³/mol. The molecule has 2 N–H and O–H groups in total. The van der Waals surface area contributed by atoms with E-state index >= 15 is 0 Å². The summed E-state index contributed by atoms with van der Waals surface area (Å²) in [6.07, 6.45) is 13.1. The monoisotopic (exact) mass is 292 g/mol. The van der Waals surface area contributed by atoms with Gasteiger partial charge < -0.3 is 10.3 Å². The SMILES string of the molecule is C1=NCC(CCCSc2ncc(C3CCCCC3)[nH]2)N1. The second kappa shape index (κ2) is 7.16. The molecule has 5 heteroatoms. The largest absolute Gasteiger partial charge is 0.372 e. The molecule has 2 aliphatic rings. The zero-order valence-electron chi connectivity index (χ0n) is 12.0. The van der Waals surface area contributed by atoms with E-state index < -0.39 is 0 Å². The Morgan fingerprint density at radius 3 is 2.95 bits per heavy atom. The number of aromatic nitrogens is 2. The van der Waals surface area contributed by atoms with Crippen LogP contribution in [-0.2, 0) is 0 Å². The molecule has 1 unspecified atom stereocenters. The summed E-state index contributed by atoms with van der Waals surface area (Å²) in [6, 6.07) is 0.560. The van der Waals surface area contributed by atoms with Crippen LogP contribution in [0.2, 0.25) is 0 Å². The van der Waals surface area contributed by atoms with Crippen LogP contribution in [0, 0.1) is 0 Å². The van der Waals surface area contributed by atoms with Gasteiger partial charge in [-0.25, -0.2) is 4.98 Å². The number of hydrogen-bond acceptors (Lipinski definition) is 4. The van der Waals surface area contributed by atoms with E-state index in [1.807, 2.05) is 18.1 Å².